The van der Waals surface area contributed by atoms with E-state index >= 15 is 0 Å². The Kier molecular flexibility index (Phi) is 39.2. The predicted octanol–water partition coefficient (Wildman–Crippen LogP) is 11.8. The van der Waals surface area contributed by atoms with Crippen molar-refractivity contribution in [3.63, 3.8) is 0 Å². The summed E-state index contributed by atoms with van der Waals surface area (Å²) in [6, 6.07) is -0.736. The summed E-state index contributed by atoms with van der Waals surface area (Å²) in [5, 5.41) is 11.6. The molecule has 0 aromatic carbocycles. The van der Waals surface area contributed by atoms with Crippen LogP contribution in [0.15, 0.2) is 72.9 Å². The largest absolute Gasteiger partial charge is 0.544 e. The van der Waals surface area contributed by atoms with E-state index in [1.807, 2.05) is 0 Å². The maximum atomic E-state index is 12.7. The molecule has 0 aromatic rings. The third-order valence-corrected chi connectivity index (χ3v) is 10.1. The summed E-state index contributed by atoms with van der Waals surface area (Å²) in [6.07, 6.45) is 52.1. The fourth-order valence-electron chi connectivity index (χ4n) is 6.44. The molecule has 0 radical (unpaired) electrons. The van der Waals surface area contributed by atoms with Crippen molar-refractivity contribution in [2.75, 3.05) is 41.0 Å². The van der Waals surface area contributed by atoms with Crippen molar-refractivity contribution in [1.29, 1.82) is 0 Å². The molecule has 338 valence electrons. The fourth-order valence-corrected chi connectivity index (χ4v) is 6.44. The van der Waals surface area contributed by atoms with Gasteiger partial charge in [-0.05, 0) is 83.5 Å². The van der Waals surface area contributed by atoms with Gasteiger partial charge in [0.15, 0.2) is 6.10 Å². The standard InChI is InChI=1S/C51H87NO7/c1-6-8-10-12-14-16-18-20-22-24-25-26-28-30-32-34-36-38-40-42-50(54)59-47(45-57-44-43-48(51(55)56)52(3,4)5)46-58-49(53)41-39-37-35-33-31-29-27-23-21-19-17-15-13-11-9-7-2/h8,10,14,16,20,22-23,25-27,30,32,47-48H,6-7,9,11-13,15,17-19,21,24,28-29,31,33-46H2,1-5H3/b10-8+,16-14+,22-20+,26-25+,27-23+,32-30+. The molecule has 0 saturated carbocycles. The van der Waals surface area contributed by atoms with Crippen molar-refractivity contribution >= 4 is 17.9 Å². The number of rotatable bonds is 41. The Hall–Kier alpha value is -3.23. The number of esters is 2. The number of allylic oxidation sites excluding steroid dienone is 12. The predicted molar refractivity (Wildman–Crippen MR) is 245 cm³/mol. The molecular formula is C51H87NO7. The summed E-state index contributed by atoms with van der Waals surface area (Å²) in [6.45, 7) is 4.50. The quantitative estimate of drug-likeness (QED) is 0.0262. The molecular weight excluding hydrogens is 739 g/mol. The van der Waals surface area contributed by atoms with Crippen LogP contribution in [0.5, 0.6) is 0 Å². The minimum absolute atomic E-state index is 0.0213. The van der Waals surface area contributed by atoms with Crippen LogP contribution in [0.2, 0.25) is 0 Å². The van der Waals surface area contributed by atoms with Crippen molar-refractivity contribution < 1.29 is 38.2 Å². The third-order valence-electron chi connectivity index (χ3n) is 10.1. The lowest BCUT2D eigenvalue weighted by atomic mass is 10.1. The van der Waals surface area contributed by atoms with Gasteiger partial charge in [0, 0.05) is 19.3 Å². The minimum Gasteiger partial charge on any atom is -0.544 e. The van der Waals surface area contributed by atoms with Crippen molar-refractivity contribution in [3.8, 4) is 0 Å². The summed E-state index contributed by atoms with van der Waals surface area (Å²) in [5.41, 5.74) is 0. The molecule has 59 heavy (non-hydrogen) atoms. The minimum atomic E-state index is -1.13. The molecule has 0 aromatic heterocycles. The van der Waals surface area contributed by atoms with Crippen LogP contribution in [0.1, 0.15) is 181 Å². The zero-order chi connectivity index (χ0) is 43.5. The number of ether oxygens (including phenoxy) is 3. The number of unbranched alkanes of at least 4 members (excludes halogenated alkanes) is 15. The molecule has 2 atom stereocenters. The molecule has 0 fully saturated rings. The van der Waals surface area contributed by atoms with E-state index in [1.165, 1.54) is 57.8 Å². The molecule has 0 aliphatic rings. The zero-order valence-corrected chi connectivity index (χ0v) is 38.4. The number of quaternary nitrogens is 1. The summed E-state index contributed by atoms with van der Waals surface area (Å²) in [5.74, 6) is -1.79. The van der Waals surface area contributed by atoms with Crippen LogP contribution >= 0.6 is 0 Å². The van der Waals surface area contributed by atoms with Crippen molar-refractivity contribution in [1.82, 2.24) is 0 Å². The van der Waals surface area contributed by atoms with Gasteiger partial charge in [0.05, 0.1) is 40.3 Å². The third kappa shape index (κ3) is 40.0. The smallest absolute Gasteiger partial charge is 0.306 e. The molecule has 0 spiro atoms. The van der Waals surface area contributed by atoms with Gasteiger partial charge in [-0.3, -0.25) is 9.59 Å². The highest BCUT2D eigenvalue weighted by Gasteiger charge is 2.25. The molecule has 0 bridgehead atoms. The summed E-state index contributed by atoms with van der Waals surface area (Å²) >= 11 is 0. The van der Waals surface area contributed by atoms with E-state index in [0.29, 0.717) is 12.8 Å². The summed E-state index contributed by atoms with van der Waals surface area (Å²) < 4.78 is 17.2. The number of carboxylic acids is 1. The van der Waals surface area contributed by atoms with E-state index in [1.54, 1.807) is 21.1 Å². The average Bonchev–Trinajstić information content (AvgIpc) is 3.19. The molecule has 0 rings (SSSR count). The first-order chi connectivity index (χ1) is 28.6. The maximum Gasteiger partial charge on any atom is 0.306 e. The molecule has 0 N–H and O–H groups in total. The van der Waals surface area contributed by atoms with Crippen LogP contribution in [-0.2, 0) is 28.6 Å². The molecule has 0 heterocycles. The second kappa shape index (κ2) is 41.5. The second-order valence-corrected chi connectivity index (χ2v) is 16.6. The first-order valence-electron chi connectivity index (χ1n) is 23.5. The highest BCUT2D eigenvalue weighted by molar-refractivity contribution is 5.70. The van der Waals surface area contributed by atoms with E-state index in [2.05, 4.69) is 86.8 Å². The number of carbonyl (C=O) groups is 3. The van der Waals surface area contributed by atoms with Gasteiger partial charge in [0.1, 0.15) is 12.6 Å². The van der Waals surface area contributed by atoms with E-state index in [-0.39, 0.29) is 49.1 Å². The average molecular weight is 826 g/mol. The molecule has 8 heteroatoms. The van der Waals surface area contributed by atoms with E-state index in [4.69, 9.17) is 14.2 Å². The lowest BCUT2D eigenvalue weighted by Crippen LogP contribution is -2.55. The topological polar surface area (TPSA) is 102 Å². The molecule has 0 aliphatic carbocycles. The fraction of sp³-hybridized carbons (Fsp3) is 0.706. The SMILES string of the molecule is CC/C=C/C/C=C/C/C=C/C/C=C/C/C=C/CCCCCC(=O)OC(COCCC(C(=O)[O-])[N+](C)(C)C)COC(=O)CCCCCCC/C=C/CCCCCCCCC. The Bertz CT molecular complexity index is 1190. The van der Waals surface area contributed by atoms with E-state index < -0.39 is 18.1 Å². The van der Waals surface area contributed by atoms with Gasteiger partial charge in [-0.25, -0.2) is 0 Å². The first kappa shape index (κ1) is 55.8. The molecule has 0 amide bonds. The molecule has 0 aliphatic heterocycles. The van der Waals surface area contributed by atoms with E-state index in [0.717, 1.165) is 83.5 Å². The van der Waals surface area contributed by atoms with Gasteiger partial charge < -0.3 is 28.6 Å². The van der Waals surface area contributed by atoms with Gasteiger partial charge in [-0.1, -0.05) is 151 Å². The number of hydrogen-bond donors (Lipinski definition) is 0. The lowest BCUT2D eigenvalue weighted by Gasteiger charge is -2.34. The lowest BCUT2D eigenvalue weighted by molar-refractivity contribution is -0.889. The maximum absolute atomic E-state index is 12.7. The number of carbonyl (C=O) groups excluding carboxylic acids is 3. The monoisotopic (exact) mass is 826 g/mol. The van der Waals surface area contributed by atoms with Gasteiger partial charge in [0.25, 0.3) is 0 Å². The zero-order valence-electron chi connectivity index (χ0n) is 38.4. The van der Waals surface area contributed by atoms with Crippen LogP contribution < -0.4 is 5.11 Å². The normalized spacial score (nSPS) is 13.6. The Balaban J connectivity index is 4.41. The second-order valence-electron chi connectivity index (χ2n) is 16.6. The van der Waals surface area contributed by atoms with Gasteiger partial charge in [-0.2, -0.15) is 0 Å². The van der Waals surface area contributed by atoms with Crippen LogP contribution in [0, 0.1) is 0 Å². The van der Waals surface area contributed by atoms with Crippen molar-refractivity contribution in [2.45, 2.75) is 193 Å². The van der Waals surface area contributed by atoms with Gasteiger partial charge in [0.2, 0.25) is 0 Å². The number of nitrogens with zero attached hydrogens (tertiary/aromatic N) is 1. The van der Waals surface area contributed by atoms with E-state index in [9.17, 15) is 19.5 Å². The van der Waals surface area contributed by atoms with Gasteiger partial charge >= 0.3 is 11.9 Å². The van der Waals surface area contributed by atoms with Crippen LogP contribution in [-0.4, -0.2) is 75.5 Å². The number of likely N-dealkylation sites (N-methyl/N-ethyl adjacent to an activating group) is 1. The molecule has 2 unspecified atom stereocenters. The summed E-state index contributed by atoms with van der Waals surface area (Å²) in [7, 11) is 5.39. The van der Waals surface area contributed by atoms with Gasteiger partial charge in [-0.15, -0.1) is 0 Å². The Morgan fingerprint density at radius 2 is 0.949 bits per heavy atom. The number of hydrogen-bond acceptors (Lipinski definition) is 7. The van der Waals surface area contributed by atoms with Crippen molar-refractivity contribution in [2.24, 2.45) is 0 Å². The molecule has 0 saturated heterocycles. The Morgan fingerprint density at radius 3 is 1.44 bits per heavy atom. The highest BCUT2D eigenvalue weighted by Crippen LogP contribution is 2.13. The summed E-state index contributed by atoms with van der Waals surface area (Å²) in [4.78, 5) is 36.9. The van der Waals surface area contributed by atoms with Crippen LogP contribution in [0.3, 0.4) is 0 Å². The number of aliphatic carboxylic acids is 1. The van der Waals surface area contributed by atoms with Crippen LogP contribution in [0.4, 0.5) is 0 Å². The number of carboxylic acid groups (broad SMARTS) is 1. The first-order valence-corrected chi connectivity index (χ1v) is 23.5. The van der Waals surface area contributed by atoms with Crippen molar-refractivity contribution in [3.05, 3.63) is 72.9 Å². The Morgan fingerprint density at radius 1 is 0.525 bits per heavy atom. The molecule has 8 nitrogen and oxygen atoms in total. The van der Waals surface area contributed by atoms with Crippen LogP contribution in [0.25, 0.3) is 0 Å². The highest BCUT2D eigenvalue weighted by atomic mass is 16.6. The Labute approximate surface area is 361 Å².